The zero-order valence-corrected chi connectivity index (χ0v) is 21.7. The third-order valence-electron chi connectivity index (χ3n) is 7.79. The van der Waals surface area contributed by atoms with Crippen molar-refractivity contribution in [1.29, 1.82) is 0 Å². The van der Waals surface area contributed by atoms with E-state index in [0.29, 0.717) is 35.8 Å². The molecule has 1 aromatic heterocycles. The Kier molecular flexibility index (Phi) is 8.17. The first-order valence-corrected chi connectivity index (χ1v) is 13.5. The maximum absolute atomic E-state index is 13.4. The Morgan fingerprint density at radius 2 is 1.95 bits per heavy atom. The van der Waals surface area contributed by atoms with E-state index in [1.165, 1.54) is 50.7 Å². The Balaban J connectivity index is 1.20. The van der Waals surface area contributed by atoms with Gasteiger partial charge >= 0.3 is 0 Å². The summed E-state index contributed by atoms with van der Waals surface area (Å²) in [5.41, 5.74) is 1.01. The standard InChI is InChI=1S/C28H35N5O5/c1-33-23-9-8-20(14-26(34)31-15-18-5-3-2-4-6-18)38-25(23)17-37-24-10-7-19(13-21(24)28(33)36)32-27(35)22-16-29-11-12-30-22/h7,10-13,16,18,20,23,25H,2-6,8-9,14-15,17H2,1H3,(H,31,34)(H,32,35)/t20-,23-,25-/m0/s1. The average Bonchev–Trinajstić information content (AvgIpc) is 2.95. The number of aromatic nitrogens is 2. The largest absolute Gasteiger partial charge is 0.490 e. The molecule has 0 unspecified atom stereocenters. The molecule has 202 valence electrons. The molecule has 2 fully saturated rings. The third kappa shape index (κ3) is 6.12. The summed E-state index contributed by atoms with van der Waals surface area (Å²) in [5, 5.41) is 5.86. The summed E-state index contributed by atoms with van der Waals surface area (Å²) in [6.45, 7) is 1.01. The van der Waals surface area contributed by atoms with Crippen molar-refractivity contribution in [3.63, 3.8) is 0 Å². The van der Waals surface area contributed by atoms with Gasteiger partial charge < -0.3 is 25.0 Å². The Hall–Kier alpha value is -3.53. The number of anilines is 1. The van der Waals surface area contributed by atoms with Gasteiger partial charge in [-0.3, -0.25) is 19.4 Å². The van der Waals surface area contributed by atoms with Gasteiger partial charge in [0.05, 0.1) is 30.3 Å². The molecule has 1 aliphatic carbocycles. The second-order valence-corrected chi connectivity index (χ2v) is 10.4. The van der Waals surface area contributed by atoms with Crippen molar-refractivity contribution in [3.05, 3.63) is 48.0 Å². The number of nitrogens with one attached hydrogen (secondary N) is 2. The summed E-state index contributed by atoms with van der Waals surface area (Å²) < 4.78 is 12.3. The van der Waals surface area contributed by atoms with Crippen LogP contribution in [0.3, 0.4) is 0 Å². The summed E-state index contributed by atoms with van der Waals surface area (Å²) in [6.07, 6.45) is 11.7. The number of hydrogen-bond donors (Lipinski definition) is 2. The third-order valence-corrected chi connectivity index (χ3v) is 7.79. The van der Waals surface area contributed by atoms with Gasteiger partial charge in [0.25, 0.3) is 11.8 Å². The lowest BCUT2D eigenvalue weighted by atomic mass is 9.89. The molecule has 0 bridgehead atoms. The van der Waals surface area contributed by atoms with Gasteiger partial charge in [-0.05, 0) is 49.8 Å². The van der Waals surface area contributed by atoms with Gasteiger partial charge in [-0.1, -0.05) is 19.3 Å². The second kappa shape index (κ2) is 11.9. The molecule has 0 spiro atoms. The molecule has 10 nitrogen and oxygen atoms in total. The van der Waals surface area contributed by atoms with Gasteiger partial charge in [0.2, 0.25) is 5.91 Å². The summed E-state index contributed by atoms with van der Waals surface area (Å²) in [5.74, 6) is 0.409. The topological polar surface area (TPSA) is 123 Å². The summed E-state index contributed by atoms with van der Waals surface area (Å²) in [6, 6.07) is 4.80. The maximum atomic E-state index is 13.4. The van der Waals surface area contributed by atoms with Crippen LogP contribution in [0.15, 0.2) is 36.8 Å². The van der Waals surface area contributed by atoms with E-state index in [0.717, 1.165) is 13.0 Å². The molecule has 38 heavy (non-hydrogen) atoms. The summed E-state index contributed by atoms with van der Waals surface area (Å²) in [4.78, 5) is 48.1. The van der Waals surface area contributed by atoms with Crippen molar-refractivity contribution in [2.75, 3.05) is 25.5 Å². The molecule has 1 saturated carbocycles. The van der Waals surface area contributed by atoms with E-state index in [1.807, 2.05) is 0 Å². The minimum Gasteiger partial charge on any atom is -0.490 e. The molecule has 3 aliphatic rings. The number of likely N-dealkylation sites (N-methyl/N-ethyl adjacent to an activating group) is 1. The number of rotatable bonds is 6. The molecule has 0 radical (unpaired) electrons. The van der Waals surface area contributed by atoms with Gasteiger partial charge in [0.15, 0.2) is 0 Å². The van der Waals surface area contributed by atoms with Crippen LogP contribution in [0, 0.1) is 5.92 Å². The molecule has 1 saturated heterocycles. The monoisotopic (exact) mass is 521 g/mol. The van der Waals surface area contributed by atoms with E-state index >= 15 is 0 Å². The predicted octanol–water partition coefficient (Wildman–Crippen LogP) is 3.20. The van der Waals surface area contributed by atoms with Crippen LogP contribution < -0.4 is 15.4 Å². The molecule has 2 aliphatic heterocycles. The molecular weight excluding hydrogens is 486 g/mol. The highest BCUT2D eigenvalue weighted by Gasteiger charge is 2.39. The fourth-order valence-corrected chi connectivity index (χ4v) is 5.65. The first-order valence-electron chi connectivity index (χ1n) is 13.5. The number of ether oxygens (including phenoxy) is 2. The number of amides is 3. The molecular formula is C28H35N5O5. The normalized spacial score (nSPS) is 23.8. The van der Waals surface area contributed by atoms with E-state index in [-0.39, 0.29) is 42.4 Å². The Bertz CT molecular complexity index is 1150. The number of nitrogens with zero attached hydrogens (tertiary/aromatic N) is 3. The van der Waals surface area contributed by atoms with E-state index in [2.05, 4.69) is 20.6 Å². The summed E-state index contributed by atoms with van der Waals surface area (Å²) in [7, 11) is 1.76. The minimum absolute atomic E-state index is 0.0247. The quantitative estimate of drug-likeness (QED) is 0.599. The van der Waals surface area contributed by atoms with Crippen LogP contribution >= 0.6 is 0 Å². The Morgan fingerprint density at radius 1 is 1.11 bits per heavy atom. The van der Waals surface area contributed by atoms with Crippen molar-refractivity contribution in [3.8, 4) is 5.75 Å². The maximum Gasteiger partial charge on any atom is 0.275 e. The summed E-state index contributed by atoms with van der Waals surface area (Å²) >= 11 is 0. The van der Waals surface area contributed by atoms with Crippen LogP contribution in [0.2, 0.25) is 0 Å². The van der Waals surface area contributed by atoms with Crippen LogP contribution in [-0.4, -0.2) is 71.0 Å². The first kappa shape index (κ1) is 26.1. The van der Waals surface area contributed by atoms with Crippen molar-refractivity contribution in [2.45, 2.75) is 69.6 Å². The van der Waals surface area contributed by atoms with Crippen LogP contribution in [0.25, 0.3) is 0 Å². The van der Waals surface area contributed by atoms with Gasteiger partial charge in [-0.2, -0.15) is 0 Å². The van der Waals surface area contributed by atoms with Crippen LogP contribution in [0.5, 0.6) is 5.75 Å². The molecule has 1 aromatic carbocycles. The molecule has 2 N–H and O–H groups in total. The SMILES string of the molecule is CN1C(=O)c2cc(NC(=O)c3cnccn3)ccc2OC[C@@H]2O[C@H](CC(=O)NCC3CCCCC3)CC[C@@H]21. The van der Waals surface area contributed by atoms with Crippen LogP contribution in [0.4, 0.5) is 5.69 Å². The number of carbonyl (C=O) groups excluding carboxylic acids is 3. The Labute approximate surface area is 222 Å². The minimum atomic E-state index is -0.416. The van der Waals surface area contributed by atoms with E-state index in [9.17, 15) is 14.4 Å². The number of fused-ring (bicyclic) bond motifs is 2. The van der Waals surface area contributed by atoms with Crippen molar-refractivity contribution in [1.82, 2.24) is 20.2 Å². The molecule has 10 heteroatoms. The van der Waals surface area contributed by atoms with Crippen molar-refractivity contribution in [2.24, 2.45) is 5.92 Å². The van der Waals surface area contributed by atoms with E-state index in [1.54, 1.807) is 30.1 Å². The lowest BCUT2D eigenvalue weighted by Crippen LogP contribution is -2.54. The highest BCUT2D eigenvalue weighted by molar-refractivity contribution is 6.04. The molecule has 3 heterocycles. The lowest BCUT2D eigenvalue weighted by molar-refractivity contribution is -0.134. The first-order chi connectivity index (χ1) is 18.5. The molecule has 5 rings (SSSR count). The van der Waals surface area contributed by atoms with Crippen molar-refractivity contribution < 1.29 is 23.9 Å². The average molecular weight is 522 g/mol. The second-order valence-electron chi connectivity index (χ2n) is 10.4. The van der Waals surface area contributed by atoms with E-state index in [4.69, 9.17) is 9.47 Å². The fraction of sp³-hybridized carbons (Fsp3) is 0.536. The van der Waals surface area contributed by atoms with E-state index < -0.39 is 5.91 Å². The number of carbonyl (C=O) groups is 3. The van der Waals surface area contributed by atoms with Crippen LogP contribution in [-0.2, 0) is 9.53 Å². The smallest absolute Gasteiger partial charge is 0.275 e. The molecule has 3 atom stereocenters. The lowest BCUT2D eigenvalue weighted by Gasteiger charge is -2.42. The molecule has 3 amide bonds. The zero-order chi connectivity index (χ0) is 26.5. The number of hydrogen-bond acceptors (Lipinski definition) is 7. The zero-order valence-electron chi connectivity index (χ0n) is 21.7. The van der Waals surface area contributed by atoms with Gasteiger partial charge in [-0.15, -0.1) is 0 Å². The van der Waals surface area contributed by atoms with Gasteiger partial charge in [0.1, 0.15) is 24.2 Å². The van der Waals surface area contributed by atoms with Crippen LogP contribution in [0.1, 0.15) is 72.2 Å². The fourth-order valence-electron chi connectivity index (χ4n) is 5.65. The van der Waals surface area contributed by atoms with Gasteiger partial charge in [-0.25, -0.2) is 4.98 Å². The highest BCUT2D eigenvalue weighted by atomic mass is 16.5. The van der Waals surface area contributed by atoms with Gasteiger partial charge in [0, 0.05) is 31.7 Å². The predicted molar refractivity (Wildman–Crippen MR) is 140 cm³/mol. The molecule has 2 aromatic rings. The Morgan fingerprint density at radius 3 is 2.74 bits per heavy atom. The van der Waals surface area contributed by atoms with Crippen molar-refractivity contribution >= 4 is 23.4 Å². The highest BCUT2D eigenvalue weighted by Crippen LogP contribution is 2.32. The number of benzene rings is 1.